The molecule has 1 aliphatic heterocycles. The summed E-state index contributed by atoms with van der Waals surface area (Å²) in [6.07, 6.45) is 5.15. The van der Waals surface area contributed by atoms with Gasteiger partial charge in [0, 0.05) is 19.1 Å². The maximum atomic E-state index is 12.9. The van der Waals surface area contributed by atoms with Crippen molar-refractivity contribution in [1.82, 2.24) is 20.0 Å². The molecule has 2 amide bonds. The van der Waals surface area contributed by atoms with Gasteiger partial charge < -0.3 is 10.6 Å². The van der Waals surface area contributed by atoms with E-state index < -0.39 is 0 Å². The van der Waals surface area contributed by atoms with Gasteiger partial charge in [0.1, 0.15) is 11.6 Å². The van der Waals surface area contributed by atoms with Crippen LogP contribution in [0, 0.1) is 17.2 Å². The van der Waals surface area contributed by atoms with Gasteiger partial charge >= 0.3 is 0 Å². The van der Waals surface area contributed by atoms with Gasteiger partial charge in [0.15, 0.2) is 5.82 Å². The zero-order valence-corrected chi connectivity index (χ0v) is 18.2. The number of hydrogen-bond acceptors (Lipinski definition) is 5. The van der Waals surface area contributed by atoms with Crippen LogP contribution >= 0.6 is 0 Å². The molecule has 1 saturated heterocycles. The first kappa shape index (κ1) is 22.5. The molecule has 8 nitrogen and oxygen atoms in total. The first-order valence-electron chi connectivity index (χ1n) is 10.9. The smallest absolute Gasteiger partial charge is 0.239 e. The largest absolute Gasteiger partial charge is 0.356 e. The highest BCUT2D eigenvalue weighted by atomic mass is 16.2. The fraction of sp³-hybridized carbons (Fsp3) is 0.478. The Morgan fingerprint density at radius 1 is 1.26 bits per heavy atom. The number of amides is 2. The highest BCUT2D eigenvalue weighted by Crippen LogP contribution is 2.23. The van der Waals surface area contributed by atoms with Gasteiger partial charge in [0.05, 0.1) is 24.3 Å². The number of anilines is 1. The molecule has 8 heteroatoms. The lowest BCUT2D eigenvalue weighted by Gasteiger charge is -2.36. The highest BCUT2D eigenvalue weighted by molar-refractivity contribution is 5.93. The number of nitrogens with zero attached hydrogens (tertiary/aromatic N) is 4. The minimum Gasteiger partial charge on any atom is -0.356 e. The summed E-state index contributed by atoms with van der Waals surface area (Å²) in [5.74, 6) is 0.0929. The first-order chi connectivity index (χ1) is 15.0. The first-order valence-corrected chi connectivity index (χ1v) is 10.9. The second-order valence-electron chi connectivity index (χ2n) is 8.01. The van der Waals surface area contributed by atoms with Gasteiger partial charge in [-0.25, -0.2) is 4.68 Å². The van der Waals surface area contributed by atoms with E-state index >= 15 is 0 Å². The number of nitriles is 1. The molecule has 2 heterocycles. The van der Waals surface area contributed by atoms with Crippen molar-refractivity contribution in [2.24, 2.45) is 5.92 Å². The van der Waals surface area contributed by atoms with E-state index in [1.807, 2.05) is 35.2 Å². The lowest BCUT2D eigenvalue weighted by atomic mass is 9.92. The van der Waals surface area contributed by atoms with Crippen LogP contribution in [0.4, 0.5) is 5.82 Å². The molecule has 1 fully saturated rings. The van der Waals surface area contributed by atoms with Crippen molar-refractivity contribution in [3.63, 3.8) is 0 Å². The Morgan fingerprint density at radius 3 is 2.74 bits per heavy atom. The third kappa shape index (κ3) is 5.70. The fourth-order valence-corrected chi connectivity index (χ4v) is 3.82. The minimum atomic E-state index is -0.229. The molecule has 0 bridgehead atoms. The van der Waals surface area contributed by atoms with Gasteiger partial charge in [0.2, 0.25) is 11.8 Å². The van der Waals surface area contributed by atoms with Crippen LogP contribution < -0.4 is 10.6 Å². The van der Waals surface area contributed by atoms with E-state index in [-0.39, 0.29) is 30.3 Å². The van der Waals surface area contributed by atoms with Crippen molar-refractivity contribution >= 4 is 17.6 Å². The molecule has 0 spiro atoms. The van der Waals surface area contributed by atoms with Crippen molar-refractivity contribution < 1.29 is 9.59 Å². The van der Waals surface area contributed by atoms with Crippen LogP contribution in [0.1, 0.15) is 45.1 Å². The quantitative estimate of drug-likeness (QED) is 0.637. The molecule has 2 aromatic rings. The Labute approximate surface area is 183 Å². The number of carbonyl (C=O) groups is 2. The van der Waals surface area contributed by atoms with E-state index in [1.54, 1.807) is 4.68 Å². The molecular formula is C23H30N6O2. The monoisotopic (exact) mass is 422 g/mol. The van der Waals surface area contributed by atoms with E-state index in [9.17, 15) is 14.9 Å². The van der Waals surface area contributed by atoms with Gasteiger partial charge in [-0.15, -0.1) is 0 Å². The van der Waals surface area contributed by atoms with Crippen LogP contribution in [-0.2, 0) is 9.59 Å². The summed E-state index contributed by atoms with van der Waals surface area (Å²) in [6.45, 7) is 5.58. The average molecular weight is 423 g/mol. The molecule has 1 aromatic carbocycles. The van der Waals surface area contributed by atoms with Gasteiger partial charge in [-0.2, -0.15) is 10.4 Å². The number of para-hydroxylation sites is 1. The van der Waals surface area contributed by atoms with Crippen LogP contribution in [0.15, 0.2) is 36.5 Å². The molecule has 31 heavy (non-hydrogen) atoms. The number of hydrogen-bond donors (Lipinski definition) is 2. The maximum absolute atomic E-state index is 12.9. The Kier molecular flexibility index (Phi) is 7.79. The molecule has 0 saturated carbocycles. The number of nitrogens with one attached hydrogen (secondary N) is 2. The molecule has 1 aromatic heterocycles. The number of unbranched alkanes of at least 4 members (excludes halogenated alkanes) is 1. The summed E-state index contributed by atoms with van der Waals surface area (Å²) >= 11 is 0. The topological polar surface area (TPSA) is 103 Å². The summed E-state index contributed by atoms with van der Waals surface area (Å²) in [5, 5.41) is 19.6. The molecule has 0 radical (unpaired) electrons. The predicted octanol–water partition coefficient (Wildman–Crippen LogP) is 2.70. The third-order valence-corrected chi connectivity index (χ3v) is 5.71. The second kappa shape index (κ2) is 10.7. The number of aromatic nitrogens is 2. The second-order valence-corrected chi connectivity index (χ2v) is 8.01. The van der Waals surface area contributed by atoms with E-state index in [2.05, 4.69) is 35.6 Å². The average Bonchev–Trinajstić information content (AvgIpc) is 3.18. The van der Waals surface area contributed by atoms with E-state index in [4.69, 9.17) is 0 Å². The Hall–Kier alpha value is -3.18. The Bertz CT molecular complexity index is 933. The van der Waals surface area contributed by atoms with Gasteiger partial charge in [0.25, 0.3) is 0 Å². The molecule has 2 atom stereocenters. The van der Waals surface area contributed by atoms with Crippen molar-refractivity contribution in [3.05, 3.63) is 42.1 Å². The van der Waals surface area contributed by atoms with E-state index in [0.717, 1.165) is 31.4 Å². The number of rotatable bonds is 8. The Balaban J connectivity index is 1.66. The summed E-state index contributed by atoms with van der Waals surface area (Å²) in [7, 11) is 0. The van der Waals surface area contributed by atoms with Crippen molar-refractivity contribution in [2.45, 2.75) is 45.6 Å². The van der Waals surface area contributed by atoms with Crippen LogP contribution in [0.2, 0.25) is 0 Å². The van der Waals surface area contributed by atoms with Crippen molar-refractivity contribution in [3.8, 4) is 11.8 Å². The molecule has 1 aliphatic rings. The van der Waals surface area contributed by atoms with Gasteiger partial charge in [-0.05, 0) is 38.3 Å². The normalized spacial score (nSPS) is 18.9. The van der Waals surface area contributed by atoms with Gasteiger partial charge in [-0.3, -0.25) is 14.5 Å². The minimum absolute atomic E-state index is 0.0691. The number of piperidine rings is 1. The standard InChI is InChI=1S/C23H30N6O2/c1-3-4-12-25-23(31)18-11-10-17(2)28(15-18)16-21(30)27-22-19(13-24)14-26-29(22)20-8-6-5-7-9-20/h5-9,14,17-18H,3-4,10-12,15-16H2,1-2H3,(H,25,31)(H,27,30). The fourth-order valence-electron chi connectivity index (χ4n) is 3.82. The SMILES string of the molecule is CCCCNC(=O)C1CCC(C)N(CC(=O)Nc2c(C#N)cnn2-c2ccccc2)C1. The molecule has 164 valence electrons. The summed E-state index contributed by atoms with van der Waals surface area (Å²) in [5.41, 5.74) is 1.06. The molecular weight excluding hydrogens is 392 g/mol. The summed E-state index contributed by atoms with van der Waals surface area (Å²) < 4.78 is 1.56. The molecule has 2 unspecified atom stereocenters. The predicted molar refractivity (Wildman–Crippen MR) is 119 cm³/mol. The molecule has 2 N–H and O–H groups in total. The highest BCUT2D eigenvalue weighted by Gasteiger charge is 2.31. The van der Waals surface area contributed by atoms with E-state index in [0.29, 0.717) is 24.5 Å². The van der Waals surface area contributed by atoms with Crippen molar-refractivity contribution in [1.29, 1.82) is 5.26 Å². The van der Waals surface area contributed by atoms with Crippen LogP contribution in [0.3, 0.4) is 0 Å². The summed E-state index contributed by atoms with van der Waals surface area (Å²) in [4.78, 5) is 27.4. The zero-order chi connectivity index (χ0) is 22.2. The van der Waals surface area contributed by atoms with Crippen LogP contribution in [0.25, 0.3) is 5.69 Å². The summed E-state index contributed by atoms with van der Waals surface area (Å²) in [6, 6.07) is 11.6. The zero-order valence-electron chi connectivity index (χ0n) is 18.2. The van der Waals surface area contributed by atoms with Gasteiger partial charge in [-0.1, -0.05) is 31.5 Å². The number of benzene rings is 1. The van der Waals surface area contributed by atoms with Crippen LogP contribution in [0.5, 0.6) is 0 Å². The molecule has 3 rings (SSSR count). The van der Waals surface area contributed by atoms with Crippen LogP contribution in [-0.4, -0.2) is 52.2 Å². The number of carbonyl (C=O) groups excluding carboxylic acids is 2. The van der Waals surface area contributed by atoms with Crippen molar-refractivity contribution in [2.75, 3.05) is 25.0 Å². The Morgan fingerprint density at radius 2 is 2.03 bits per heavy atom. The number of likely N-dealkylation sites (tertiary alicyclic amines) is 1. The lowest BCUT2D eigenvalue weighted by Crippen LogP contribution is -2.49. The third-order valence-electron chi connectivity index (χ3n) is 5.71. The maximum Gasteiger partial charge on any atom is 0.239 e. The lowest BCUT2D eigenvalue weighted by molar-refractivity contribution is -0.128. The van der Waals surface area contributed by atoms with E-state index in [1.165, 1.54) is 6.20 Å². The molecule has 0 aliphatic carbocycles.